The first kappa shape index (κ1) is 17.1. The van der Waals surface area contributed by atoms with Crippen LogP contribution in [-0.4, -0.2) is 42.9 Å². The van der Waals surface area contributed by atoms with Gasteiger partial charge in [-0.25, -0.2) is 4.79 Å². The lowest BCUT2D eigenvalue weighted by Crippen LogP contribution is -2.48. The molecule has 6 heteroatoms. The molecule has 1 atom stereocenters. The van der Waals surface area contributed by atoms with Crippen LogP contribution in [-0.2, 0) is 0 Å². The van der Waals surface area contributed by atoms with E-state index in [-0.39, 0.29) is 12.1 Å². The number of rotatable bonds is 5. The van der Waals surface area contributed by atoms with Crippen molar-refractivity contribution in [2.24, 2.45) is 0 Å². The van der Waals surface area contributed by atoms with E-state index in [1.54, 1.807) is 6.92 Å². The molecule has 2 rings (SSSR count). The monoisotopic (exact) mass is 316 g/mol. The maximum Gasteiger partial charge on any atom is 0.315 e. The molecule has 0 saturated carbocycles. The van der Waals surface area contributed by atoms with E-state index in [1.807, 2.05) is 24.3 Å². The van der Waals surface area contributed by atoms with E-state index in [1.165, 1.54) is 0 Å². The highest BCUT2D eigenvalue weighted by Gasteiger charge is 2.20. The molecule has 0 aliphatic carbocycles. The largest absolute Gasteiger partial charge is 0.393 e. The maximum absolute atomic E-state index is 11.8. The Balaban J connectivity index is 1.73. The van der Waals surface area contributed by atoms with Gasteiger partial charge in [0.2, 0.25) is 0 Å². The minimum absolute atomic E-state index is 0.164. The van der Waals surface area contributed by atoms with Gasteiger partial charge < -0.3 is 20.6 Å². The van der Waals surface area contributed by atoms with Crippen LogP contribution in [0.3, 0.4) is 0 Å². The lowest BCUT2D eigenvalue weighted by atomic mass is 10.0. The number of piperidine rings is 1. The third kappa shape index (κ3) is 5.46. The van der Waals surface area contributed by atoms with Crippen molar-refractivity contribution in [1.82, 2.24) is 10.6 Å². The summed E-state index contributed by atoms with van der Waals surface area (Å²) in [6.45, 7) is 3.95. The molecule has 0 bridgehead atoms. The van der Waals surface area contributed by atoms with Crippen molar-refractivity contribution in [1.29, 1.82) is 5.26 Å². The quantitative estimate of drug-likeness (QED) is 0.770. The van der Waals surface area contributed by atoms with E-state index in [0.717, 1.165) is 31.6 Å². The number of anilines is 1. The average molecular weight is 316 g/mol. The number of hydrogen-bond donors (Lipinski definition) is 3. The summed E-state index contributed by atoms with van der Waals surface area (Å²) in [6.07, 6.45) is 1.95. The van der Waals surface area contributed by atoms with Gasteiger partial charge >= 0.3 is 6.03 Å². The summed E-state index contributed by atoms with van der Waals surface area (Å²) in [4.78, 5) is 14.0. The van der Waals surface area contributed by atoms with Crippen molar-refractivity contribution >= 4 is 11.7 Å². The molecule has 124 valence electrons. The van der Waals surface area contributed by atoms with Crippen LogP contribution in [0.4, 0.5) is 10.5 Å². The van der Waals surface area contributed by atoms with E-state index in [2.05, 4.69) is 21.6 Å². The first-order chi connectivity index (χ1) is 11.1. The molecule has 0 spiro atoms. The Morgan fingerprint density at radius 3 is 2.61 bits per heavy atom. The lowest BCUT2D eigenvalue weighted by molar-refractivity contribution is 0.183. The summed E-state index contributed by atoms with van der Waals surface area (Å²) >= 11 is 0. The van der Waals surface area contributed by atoms with Gasteiger partial charge in [-0.05, 0) is 50.5 Å². The van der Waals surface area contributed by atoms with Gasteiger partial charge in [0.25, 0.3) is 0 Å². The number of amides is 2. The third-order valence-electron chi connectivity index (χ3n) is 4.04. The van der Waals surface area contributed by atoms with Gasteiger partial charge in [-0.3, -0.25) is 0 Å². The summed E-state index contributed by atoms with van der Waals surface area (Å²) < 4.78 is 0. The zero-order valence-corrected chi connectivity index (χ0v) is 13.5. The fourth-order valence-electron chi connectivity index (χ4n) is 2.66. The highest BCUT2D eigenvalue weighted by molar-refractivity contribution is 5.74. The molecule has 1 saturated heterocycles. The number of aliphatic hydroxyl groups excluding tert-OH is 1. The molecule has 1 aromatic rings. The van der Waals surface area contributed by atoms with E-state index in [0.29, 0.717) is 18.5 Å². The average Bonchev–Trinajstić information content (AvgIpc) is 2.55. The lowest BCUT2D eigenvalue weighted by Gasteiger charge is -2.34. The highest BCUT2D eigenvalue weighted by Crippen LogP contribution is 2.20. The number of nitriles is 1. The molecule has 6 nitrogen and oxygen atoms in total. The molecule has 3 N–H and O–H groups in total. The summed E-state index contributed by atoms with van der Waals surface area (Å²) in [5.74, 6) is 0. The topological polar surface area (TPSA) is 88.4 Å². The molecule has 2 amide bonds. The van der Waals surface area contributed by atoms with Crippen molar-refractivity contribution in [3.05, 3.63) is 29.8 Å². The predicted molar refractivity (Wildman–Crippen MR) is 89.2 cm³/mol. The van der Waals surface area contributed by atoms with E-state index in [9.17, 15) is 4.79 Å². The van der Waals surface area contributed by atoms with Crippen molar-refractivity contribution < 1.29 is 9.90 Å². The summed E-state index contributed by atoms with van der Waals surface area (Å²) in [6, 6.07) is 9.73. The van der Waals surface area contributed by atoms with Crippen LogP contribution in [0.5, 0.6) is 0 Å². The fourth-order valence-corrected chi connectivity index (χ4v) is 2.66. The van der Waals surface area contributed by atoms with Crippen LogP contribution in [0.25, 0.3) is 0 Å². The molecule has 0 radical (unpaired) electrons. The molecule has 1 unspecified atom stereocenters. The van der Waals surface area contributed by atoms with E-state index < -0.39 is 6.10 Å². The standard InChI is InChI=1S/C17H24N4O2/c1-13(22)6-9-19-17(23)20-15-7-10-21(11-8-15)16-4-2-14(12-18)3-5-16/h2-5,13,15,22H,6-11H2,1H3,(H2,19,20,23). The Morgan fingerprint density at radius 2 is 2.04 bits per heavy atom. The molecule has 1 aliphatic heterocycles. The van der Waals surface area contributed by atoms with Crippen LogP contribution in [0.2, 0.25) is 0 Å². The molecule has 1 aliphatic rings. The Labute approximate surface area is 137 Å². The van der Waals surface area contributed by atoms with Gasteiger partial charge in [-0.2, -0.15) is 5.26 Å². The van der Waals surface area contributed by atoms with Gasteiger partial charge in [-0.1, -0.05) is 0 Å². The predicted octanol–water partition coefficient (Wildman–Crippen LogP) is 1.60. The van der Waals surface area contributed by atoms with Crippen molar-refractivity contribution in [2.75, 3.05) is 24.5 Å². The van der Waals surface area contributed by atoms with Crippen LogP contribution < -0.4 is 15.5 Å². The number of urea groups is 1. The SMILES string of the molecule is CC(O)CCNC(=O)NC1CCN(c2ccc(C#N)cc2)CC1. The summed E-state index contributed by atoms with van der Waals surface area (Å²) in [5, 5.41) is 23.7. The second-order valence-corrected chi connectivity index (χ2v) is 5.96. The molecular formula is C17H24N4O2. The zero-order valence-electron chi connectivity index (χ0n) is 13.5. The Hall–Kier alpha value is -2.26. The van der Waals surface area contributed by atoms with Crippen molar-refractivity contribution in [2.45, 2.75) is 38.3 Å². The smallest absolute Gasteiger partial charge is 0.315 e. The Morgan fingerprint density at radius 1 is 1.39 bits per heavy atom. The molecule has 1 heterocycles. The number of carbonyl (C=O) groups is 1. The third-order valence-corrected chi connectivity index (χ3v) is 4.04. The van der Waals surface area contributed by atoms with E-state index >= 15 is 0 Å². The minimum atomic E-state index is -0.397. The minimum Gasteiger partial charge on any atom is -0.393 e. The summed E-state index contributed by atoms with van der Waals surface area (Å²) in [7, 11) is 0. The van der Waals surface area contributed by atoms with Gasteiger partial charge in [0.1, 0.15) is 0 Å². The van der Waals surface area contributed by atoms with Gasteiger partial charge in [-0.15, -0.1) is 0 Å². The van der Waals surface area contributed by atoms with Crippen LogP contribution in [0.1, 0.15) is 31.7 Å². The Bertz CT molecular complexity index is 543. The van der Waals surface area contributed by atoms with Crippen molar-refractivity contribution in [3.8, 4) is 6.07 Å². The fraction of sp³-hybridized carbons (Fsp3) is 0.529. The number of nitrogens with zero attached hydrogens (tertiary/aromatic N) is 2. The molecule has 1 fully saturated rings. The number of hydrogen-bond acceptors (Lipinski definition) is 4. The molecule has 1 aromatic carbocycles. The number of aliphatic hydroxyl groups is 1. The second-order valence-electron chi connectivity index (χ2n) is 5.96. The zero-order chi connectivity index (χ0) is 16.7. The molecule has 0 aromatic heterocycles. The van der Waals surface area contributed by atoms with Crippen LogP contribution in [0, 0.1) is 11.3 Å². The molecule has 23 heavy (non-hydrogen) atoms. The number of nitrogens with one attached hydrogen (secondary N) is 2. The number of carbonyl (C=O) groups excluding carboxylic acids is 1. The van der Waals surface area contributed by atoms with Crippen LogP contribution in [0.15, 0.2) is 24.3 Å². The van der Waals surface area contributed by atoms with Crippen molar-refractivity contribution in [3.63, 3.8) is 0 Å². The van der Waals surface area contributed by atoms with Gasteiger partial charge in [0.05, 0.1) is 17.7 Å². The highest BCUT2D eigenvalue weighted by atomic mass is 16.3. The van der Waals surface area contributed by atoms with E-state index in [4.69, 9.17) is 10.4 Å². The normalized spacial score (nSPS) is 16.5. The second kappa shape index (κ2) is 8.39. The number of benzene rings is 1. The first-order valence-electron chi connectivity index (χ1n) is 8.06. The first-order valence-corrected chi connectivity index (χ1v) is 8.06. The Kier molecular flexibility index (Phi) is 6.24. The maximum atomic E-state index is 11.8. The van der Waals surface area contributed by atoms with Gasteiger partial charge in [0, 0.05) is 31.4 Å². The molecular weight excluding hydrogens is 292 g/mol. The summed E-state index contributed by atoms with van der Waals surface area (Å²) in [5.41, 5.74) is 1.78. The van der Waals surface area contributed by atoms with Crippen LogP contribution >= 0.6 is 0 Å². The van der Waals surface area contributed by atoms with Gasteiger partial charge in [0.15, 0.2) is 0 Å².